The average Bonchev–Trinajstić information content (AvgIpc) is 2.25. The molecule has 0 aliphatic heterocycles. The molecule has 6 heteroatoms. The predicted octanol–water partition coefficient (Wildman–Crippen LogP) is -0.304. The lowest BCUT2D eigenvalue weighted by atomic mass is 9.64. The van der Waals surface area contributed by atoms with Crippen LogP contribution in [0.5, 0.6) is 0 Å². The molecule has 0 saturated heterocycles. The number of nitrogens with one attached hydrogen (secondary N) is 2. The smallest absolute Gasteiger partial charge is 0.243 e. The van der Waals surface area contributed by atoms with Gasteiger partial charge in [0.1, 0.15) is 6.04 Å². The summed E-state index contributed by atoms with van der Waals surface area (Å²) >= 11 is 4.04. The lowest BCUT2D eigenvalue weighted by Crippen LogP contribution is -2.63. The van der Waals surface area contributed by atoms with Crippen molar-refractivity contribution in [1.29, 1.82) is 0 Å². The van der Waals surface area contributed by atoms with Gasteiger partial charge in [0, 0.05) is 24.1 Å². The summed E-state index contributed by atoms with van der Waals surface area (Å²) in [4.78, 5) is 22.8. The topological polar surface area (TPSA) is 78.4 Å². The maximum Gasteiger partial charge on any atom is 0.243 e. The molecule has 5 nitrogen and oxygen atoms in total. The highest BCUT2D eigenvalue weighted by atomic mass is 32.1. The molecule has 0 spiro atoms. The summed E-state index contributed by atoms with van der Waals surface area (Å²) in [6.07, 6.45) is 0.168. The highest BCUT2D eigenvalue weighted by Gasteiger charge is 2.48. The number of aliphatic hydroxyl groups is 1. The molecule has 2 amide bonds. The lowest BCUT2D eigenvalue weighted by molar-refractivity contribution is -0.133. The van der Waals surface area contributed by atoms with Gasteiger partial charge in [-0.2, -0.15) is 12.6 Å². The molecule has 0 aromatic heterocycles. The van der Waals surface area contributed by atoms with Crippen molar-refractivity contribution in [3.05, 3.63) is 0 Å². The number of amides is 2. The standard InChI is InChI=1S/C11H20N2O3S/c1-6(14)12-7(5-17)10(16)13-8-4-9(15)11(8,2)3/h7-9,15,17H,4-5H2,1-3H3,(H,12,14)(H,13,16). The van der Waals surface area contributed by atoms with Gasteiger partial charge in [-0.15, -0.1) is 0 Å². The minimum Gasteiger partial charge on any atom is -0.392 e. The van der Waals surface area contributed by atoms with E-state index < -0.39 is 6.04 Å². The van der Waals surface area contributed by atoms with E-state index in [0.29, 0.717) is 6.42 Å². The lowest BCUT2D eigenvalue weighted by Gasteiger charge is -2.49. The van der Waals surface area contributed by atoms with Gasteiger partial charge >= 0.3 is 0 Å². The third kappa shape index (κ3) is 3.13. The van der Waals surface area contributed by atoms with Crippen molar-refractivity contribution in [2.45, 2.75) is 45.4 Å². The van der Waals surface area contributed by atoms with E-state index in [2.05, 4.69) is 23.3 Å². The largest absolute Gasteiger partial charge is 0.392 e. The normalized spacial score (nSPS) is 27.8. The van der Waals surface area contributed by atoms with Crippen LogP contribution < -0.4 is 10.6 Å². The van der Waals surface area contributed by atoms with Crippen molar-refractivity contribution >= 4 is 24.4 Å². The molecule has 1 aliphatic carbocycles. The summed E-state index contributed by atoms with van der Waals surface area (Å²) in [6, 6.07) is -0.675. The van der Waals surface area contributed by atoms with E-state index in [9.17, 15) is 14.7 Å². The fraction of sp³-hybridized carbons (Fsp3) is 0.818. The Labute approximate surface area is 107 Å². The Bertz CT molecular complexity index is 320. The summed E-state index contributed by atoms with van der Waals surface area (Å²) < 4.78 is 0. The first-order valence-corrected chi connectivity index (χ1v) is 6.28. The van der Waals surface area contributed by atoms with Crippen molar-refractivity contribution in [2.24, 2.45) is 5.41 Å². The van der Waals surface area contributed by atoms with Gasteiger partial charge in [-0.05, 0) is 6.42 Å². The Balaban J connectivity index is 2.51. The van der Waals surface area contributed by atoms with Crippen LogP contribution in [0, 0.1) is 5.41 Å². The molecule has 1 saturated carbocycles. The summed E-state index contributed by atoms with van der Waals surface area (Å²) in [6.45, 7) is 5.17. The monoisotopic (exact) mass is 260 g/mol. The zero-order valence-corrected chi connectivity index (χ0v) is 11.3. The second-order valence-corrected chi connectivity index (χ2v) is 5.43. The van der Waals surface area contributed by atoms with Crippen molar-refractivity contribution in [3.63, 3.8) is 0 Å². The first kappa shape index (κ1) is 14.3. The van der Waals surface area contributed by atoms with Gasteiger partial charge in [0.2, 0.25) is 11.8 Å². The fourth-order valence-electron chi connectivity index (χ4n) is 1.86. The number of carbonyl (C=O) groups is 2. The number of aliphatic hydroxyl groups excluding tert-OH is 1. The molecule has 1 fully saturated rings. The number of hydrogen-bond acceptors (Lipinski definition) is 4. The molecule has 98 valence electrons. The second kappa shape index (κ2) is 5.27. The van der Waals surface area contributed by atoms with Gasteiger partial charge in [-0.3, -0.25) is 9.59 Å². The van der Waals surface area contributed by atoms with Crippen molar-refractivity contribution in [1.82, 2.24) is 10.6 Å². The van der Waals surface area contributed by atoms with Crippen LogP contribution in [0.4, 0.5) is 0 Å². The van der Waals surface area contributed by atoms with Gasteiger partial charge in [-0.25, -0.2) is 0 Å². The Morgan fingerprint density at radius 1 is 1.53 bits per heavy atom. The van der Waals surface area contributed by atoms with Crippen LogP contribution in [0.25, 0.3) is 0 Å². The molecule has 0 radical (unpaired) electrons. The van der Waals surface area contributed by atoms with E-state index >= 15 is 0 Å². The summed E-state index contributed by atoms with van der Waals surface area (Å²) in [5.74, 6) is -0.256. The minimum atomic E-state index is -0.621. The Morgan fingerprint density at radius 3 is 2.47 bits per heavy atom. The summed E-state index contributed by atoms with van der Waals surface area (Å²) in [5, 5.41) is 14.9. The molecule has 3 unspecified atom stereocenters. The zero-order chi connectivity index (χ0) is 13.2. The molecule has 0 aromatic carbocycles. The Morgan fingerprint density at radius 2 is 2.12 bits per heavy atom. The van der Waals surface area contributed by atoms with E-state index in [1.807, 2.05) is 13.8 Å². The molecule has 3 N–H and O–H groups in total. The molecule has 17 heavy (non-hydrogen) atoms. The average molecular weight is 260 g/mol. The summed E-state index contributed by atoms with van der Waals surface area (Å²) in [5.41, 5.74) is -0.312. The first-order chi connectivity index (χ1) is 7.78. The molecule has 3 atom stereocenters. The highest BCUT2D eigenvalue weighted by molar-refractivity contribution is 7.80. The third-order valence-electron chi connectivity index (χ3n) is 3.41. The molecule has 1 aliphatic rings. The molecular weight excluding hydrogens is 240 g/mol. The van der Waals surface area contributed by atoms with Crippen LogP contribution in [0.2, 0.25) is 0 Å². The van der Waals surface area contributed by atoms with E-state index in [1.165, 1.54) is 6.92 Å². The maximum absolute atomic E-state index is 11.9. The third-order valence-corrected chi connectivity index (χ3v) is 3.77. The van der Waals surface area contributed by atoms with E-state index in [-0.39, 0.29) is 35.1 Å². The maximum atomic E-state index is 11.9. The van der Waals surface area contributed by atoms with E-state index in [4.69, 9.17) is 0 Å². The zero-order valence-electron chi connectivity index (χ0n) is 10.4. The minimum absolute atomic E-state index is 0.0545. The van der Waals surface area contributed by atoms with Gasteiger partial charge in [0.15, 0.2) is 0 Å². The number of rotatable bonds is 4. The second-order valence-electron chi connectivity index (χ2n) is 5.07. The van der Waals surface area contributed by atoms with Gasteiger partial charge in [-0.1, -0.05) is 13.8 Å². The summed E-state index contributed by atoms with van der Waals surface area (Å²) in [7, 11) is 0. The van der Waals surface area contributed by atoms with Crippen LogP contribution in [0.1, 0.15) is 27.2 Å². The number of thiol groups is 1. The number of hydrogen-bond donors (Lipinski definition) is 4. The van der Waals surface area contributed by atoms with Crippen LogP contribution in [0.15, 0.2) is 0 Å². The van der Waals surface area contributed by atoms with Crippen LogP contribution in [0.3, 0.4) is 0 Å². The Kier molecular flexibility index (Phi) is 4.43. The number of carbonyl (C=O) groups excluding carboxylic acids is 2. The SMILES string of the molecule is CC(=O)NC(CS)C(=O)NC1CC(O)C1(C)C. The van der Waals surface area contributed by atoms with Gasteiger partial charge in [0.05, 0.1) is 6.10 Å². The Hall–Kier alpha value is -0.750. The van der Waals surface area contributed by atoms with E-state index in [0.717, 1.165) is 0 Å². The first-order valence-electron chi connectivity index (χ1n) is 5.65. The van der Waals surface area contributed by atoms with Gasteiger partial charge in [0.25, 0.3) is 0 Å². The van der Waals surface area contributed by atoms with Gasteiger partial charge < -0.3 is 15.7 Å². The molecule has 0 aromatic rings. The molecule has 0 bridgehead atoms. The fourth-order valence-corrected chi connectivity index (χ4v) is 2.12. The molecular formula is C11H20N2O3S. The quantitative estimate of drug-likeness (QED) is 0.524. The molecule has 1 rings (SSSR count). The van der Waals surface area contributed by atoms with Crippen molar-refractivity contribution < 1.29 is 14.7 Å². The van der Waals surface area contributed by atoms with Crippen LogP contribution in [-0.2, 0) is 9.59 Å². The van der Waals surface area contributed by atoms with Crippen molar-refractivity contribution in [3.8, 4) is 0 Å². The van der Waals surface area contributed by atoms with E-state index in [1.54, 1.807) is 0 Å². The predicted molar refractivity (Wildman–Crippen MR) is 67.8 cm³/mol. The van der Waals surface area contributed by atoms with Crippen molar-refractivity contribution in [2.75, 3.05) is 5.75 Å². The van der Waals surface area contributed by atoms with Crippen LogP contribution in [-0.4, -0.2) is 40.9 Å². The van der Waals surface area contributed by atoms with Crippen LogP contribution >= 0.6 is 12.6 Å². The molecule has 0 heterocycles. The highest BCUT2D eigenvalue weighted by Crippen LogP contribution is 2.40.